The molecule has 6 heteroatoms. The van der Waals surface area contributed by atoms with Crippen molar-refractivity contribution in [1.82, 2.24) is 9.13 Å². The minimum absolute atomic E-state index is 0.0128. The van der Waals surface area contributed by atoms with Crippen molar-refractivity contribution in [2.75, 3.05) is 4.90 Å². The van der Waals surface area contributed by atoms with Crippen molar-refractivity contribution in [1.29, 1.82) is 0 Å². The summed E-state index contributed by atoms with van der Waals surface area (Å²) >= 11 is 1.77. The molecular weight excluding hydrogens is 1110 g/mol. The molecule has 2 aliphatic rings. The Morgan fingerprint density at radius 3 is 1.60 bits per heavy atom. The van der Waals surface area contributed by atoms with Gasteiger partial charge in [0.1, 0.15) is 11.2 Å². The molecule has 0 aliphatic carbocycles. The van der Waals surface area contributed by atoms with Gasteiger partial charge in [-0.15, -0.1) is 0 Å². The first-order chi connectivity index (χ1) is 48.0. The van der Waals surface area contributed by atoms with Gasteiger partial charge in [0.05, 0.1) is 38.7 Å². The van der Waals surface area contributed by atoms with Crippen molar-refractivity contribution in [3.05, 3.63) is 315 Å². The van der Waals surface area contributed by atoms with E-state index in [0.29, 0.717) is 5.69 Å². The first-order valence-electron chi connectivity index (χ1n) is 34.3. The summed E-state index contributed by atoms with van der Waals surface area (Å²) in [7, 11) is 0. The number of hydrogen-bond donors (Lipinski definition) is 0. The summed E-state index contributed by atoms with van der Waals surface area (Å²) in [6, 6.07) is 90.6. The van der Waals surface area contributed by atoms with Crippen LogP contribution in [0.2, 0.25) is 0 Å². The van der Waals surface area contributed by atoms with Crippen LogP contribution in [0.15, 0.2) is 329 Å². The van der Waals surface area contributed by atoms with Crippen molar-refractivity contribution in [2.24, 2.45) is 0 Å². The Bertz CT molecular complexity index is 6140. The molecule has 19 rings (SSSR count). The van der Waals surface area contributed by atoms with Crippen LogP contribution in [-0.2, 0) is 0 Å². The third kappa shape index (κ3) is 7.78. The molecule has 5 heterocycles. The Kier molecular flexibility index (Phi) is 9.69. The lowest BCUT2D eigenvalue weighted by atomic mass is 9.34. The average molecular weight is 1170 g/mol. The summed E-state index contributed by atoms with van der Waals surface area (Å²) in [6.45, 7) is -0.402. The largest absolute Gasteiger partial charge is 0.456 e. The molecule has 14 aromatic carbocycles. The fourth-order valence-electron chi connectivity index (χ4n) is 14.5. The van der Waals surface area contributed by atoms with E-state index in [1.165, 1.54) is 0 Å². The normalized spacial score (nSPS) is 13.8. The highest BCUT2D eigenvalue weighted by Gasteiger charge is 2.43. The SMILES string of the molecule is [2H]c1c([2H])c([2H])c2c(c1[2H])c1c([2H])c([2H])c([2H])c([2H])c1n2-c1ccc2c(c1)N(c1c(-c3ccccc3)cccc1-c1ccccc1)c1cc(-c3ccc4c(c3)c3ccccc3n4-c3cccc(-c4ccccc4)c3)cc3c1B2c1ccc2oc4ccc(-c5ccccc5)cc4c2c1S3. The van der Waals surface area contributed by atoms with Crippen LogP contribution in [0.4, 0.5) is 17.1 Å². The Morgan fingerprint density at radius 1 is 0.344 bits per heavy atom. The molecule has 0 N–H and O–H groups in total. The molecule has 0 atom stereocenters. The number of aromatic nitrogens is 2. The van der Waals surface area contributed by atoms with Crippen molar-refractivity contribution >= 4 is 117 Å². The highest BCUT2D eigenvalue weighted by Crippen LogP contribution is 2.52. The summed E-state index contributed by atoms with van der Waals surface area (Å²) < 4.78 is 85.3. The van der Waals surface area contributed by atoms with Crippen LogP contribution in [0.1, 0.15) is 11.0 Å². The number of para-hydroxylation sites is 4. The number of nitrogens with zero attached hydrogens (tertiary/aromatic N) is 3. The summed E-state index contributed by atoms with van der Waals surface area (Å²) in [6.07, 6.45) is 0. The van der Waals surface area contributed by atoms with Crippen LogP contribution < -0.4 is 21.3 Å². The van der Waals surface area contributed by atoms with E-state index in [4.69, 9.17) is 9.90 Å². The summed E-state index contributed by atoms with van der Waals surface area (Å²) in [5.41, 5.74) is 21.3. The molecule has 0 fully saturated rings. The Morgan fingerprint density at radius 2 is 0.889 bits per heavy atom. The molecule has 0 amide bonds. The average Bonchev–Trinajstić information content (AvgIpc) is 1.22. The van der Waals surface area contributed by atoms with E-state index in [1.54, 1.807) is 16.3 Å². The maximum atomic E-state index is 9.69. The molecule has 0 spiro atoms. The van der Waals surface area contributed by atoms with Crippen LogP contribution in [0.3, 0.4) is 0 Å². The highest BCUT2D eigenvalue weighted by molar-refractivity contribution is 8.00. The first kappa shape index (κ1) is 43.3. The van der Waals surface area contributed by atoms with E-state index in [0.717, 1.165) is 148 Å². The minimum atomic E-state index is -0.497. The van der Waals surface area contributed by atoms with E-state index in [1.807, 2.05) is 30.3 Å². The van der Waals surface area contributed by atoms with Gasteiger partial charge in [0, 0.05) is 76.0 Å². The van der Waals surface area contributed by atoms with Crippen molar-refractivity contribution < 1.29 is 15.4 Å². The van der Waals surface area contributed by atoms with Gasteiger partial charge in [-0.05, 0) is 140 Å². The zero-order chi connectivity index (χ0) is 65.9. The third-order valence-corrected chi connectivity index (χ3v) is 19.6. The second-order valence-corrected chi connectivity index (χ2v) is 24.3. The number of hydrogen-bond acceptors (Lipinski definition) is 3. The van der Waals surface area contributed by atoms with E-state index in [2.05, 4.69) is 246 Å². The van der Waals surface area contributed by atoms with Crippen LogP contribution in [-0.4, -0.2) is 15.8 Å². The lowest BCUT2D eigenvalue weighted by Crippen LogP contribution is -2.60. The van der Waals surface area contributed by atoms with E-state index >= 15 is 0 Å². The topological polar surface area (TPSA) is 26.2 Å². The predicted molar refractivity (Wildman–Crippen MR) is 379 cm³/mol. The molecule has 4 nitrogen and oxygen atoms in total. The molecule has 2 aliphatic heterocycles. The maximum absolute atomic E-state index is 9.69. The third-order valence-electron chi connectivity index (χ3n) is 18.4. The summed E-state index contributed by atoms with van der Waals surface area (Å²) in [4.78, 5) is 4.52. The molecule has 0 radical (unpaired) electrons. The van der Waals surface area contributed by atoms with Crippen LogP contribution in [0, 0.1) is 0 Å². The fraction of sp³-hybridized carbons (Fsp3) is 0. The zero-order valence-electron chi connectivity index (χ0n) is 56.1. The Balaban J connectivity index is 0.937. The first-order valence-corrected chi connectivity index (χ1v) is 31.1. The molecule has 17 aromatic rings. The lowest BCUT2D eigenvalue weighted by molar-refractivity contribution is 0.668. The van der Waals surface area contributed by atoms with Crippen LogP contribution in [0.5, 0.6) is 0 Å². The Labute approximate surface area is 536 Å². The van der Waals surface area contributed by atoms with Crippen LogP contribution >= 0.6 is 11.8 Å². The molecule has 0 unspecified atom stereocenters. The molecule has 0 saturated carbocycles. The van der Waals surface area contributed by atoms with Crippen molar-refractivity contribution in [2.45, 2.75) is 9.79 Å². The molecule has 90 heavy (non-hydrogen) atoms. The number of anilines is 3. The van der Waals surface area contributed by atoms with Crippen molar-refractivity contribution in [3.63, 3.8) is 0 Å². The lowest BCUT2D eigenvalue weighted by Gasteiger charge is -2.42. The van der Waals surface area contributed by atoms with E-state index in [-0.39, 0.29) is 33.9 Å². The minimum Gasteiger partial charge on any atom is -0.456 e. The molecular formula is C84H52BN3OS. The summed E-state index contributed by atoms with van der Waals surface area (Å²) in [5, 5.41) is 4.25. The van der Waals surface area contributed by atoms with Gasteiger partial charge < -0.3 is 18.5 Å². The second-order valence-electron chi connectivity index (χ2n) is 23.3. The van der Waals surface area contributed by atoms with Gasteiger partial charge in [0.2, 0.25) is 6.71 Å². The second kappa shape index (κ2) is 20.1. The van der Waals surface area contributed by atoms with Gasteiger partial charge >= 0.3 is 0 Å². The van der Waals surface area contributed by atoms with E-state index < -0.39 is 43.0 Å². The van der Waals surface area contributed by atoms with Gasteiger partial charge in [-0.25, -0.2) is 0 Å². The van der Waals surface area contributed by atoms with Gasteiger partial charge in [-0.3, -0.25) is 0 Å². The molecule has 3 aromatic heterocycles. The van der Waals surface area contributed by atoms with Gasteiger partial charge in [0.25, 0.3) is 0 Å². The highest BCUT2D eigenvalue weighted by atomic mass is 32.2. The molecule has 0 bridgehead atoms. The van der Waals surface area contributed by atoms with Gasteiger partial charge in [-0.2, -0.15) is 0 Å². The quantitative estimate of drug-likeness (QED) is 0.142. The van der Waals surface area contributed by atoms with E-state index in [9.17, 15) is 5.48 Å². The zero-order valence-corrected chi connectivity index (χ0v) is 49.0. The number of furan rings is 1. The van der Waals surface area contributed by atoms with Gasteiger partial charge in [-0.1, -0.05) is 248 Å². The fourth-order valence-corrected chi connectivity index (χ4v) is 15.8. The smallest absolute Gasteiger partial charge is 0.249 e. The number of fused-ring (bicyclic) bond motifs is 14. The number of benzene rings is 14. The summed E-state index contributed by atoms with van der Waals surface area (Å²) in [5.74, 6) is 0. The van der Waals surface area contributed by atoms with Gasteiger partial charge in [0.15, 0.2) is 0 Å². The van der Waals surface area contributed by atoms with Crippen molar-refractivity contribution in [3.8, 4) is 67.0 Å². The van der Waals surface area contributed by atoms with Crippen LogP contribution in [0.25, 0.3) is 133 Å². The molecule has 0 saturated heterocycles. The molecule has 418 valence electrons. The number of rotatable bonds is 8. The standard InChI is InChI=1S/C84H52BN3OS/c1-5-21-53(22-6-1)57-29-19-30-61(47-57)86-74-38-18-15-33-67(74)68-48-59(39-44-75(68)86)60-50-77-82-80(51-60)90-84-71(43-46-79-81(84)69-49-58(40-45-78(69)89-79)54-23-7-2-8-24-54)85(82)70-42-41-62(87-72-36-16-13-31-65(72)66-32-14-17-37-73(66)87)52-76(70)88(77)83-63(55-25-9-3-10-26-55)34-20-35-64(83)56-27-11-4-12-28-56/h1-52H/i13D,14D,16D,17D,31D,32D,36D,37D. The predicted octanol–water partition coefficient (Wildman–Crippen LogP) is 20.9. The monoisotopic (exact) mass is 1170 g/mol. The Hall–Kier alpha value is -11.3. The maximum Gasteiger partial charge on any atom is 0.249 e.